The summed E-state index contributed by atoms with van der Waals surface area (Å²) in [6.07, 6.45) is 1.33. The van der Waals surface area contributed by atoms with Crippen LogP contribution in [0.5, 0.6) is 0 Å². The van der Waals surface area contributed by atoms with Gasteiger partial charge in [-0.25, -0.2) is 12.7 Å². The maximum absolute atomic E-state index is 13.2. The predicted octanol–water partition coefficient (Wildman–Crippen LogP) is 2.13. The molecule has 2 aliphatic heterocycles. The summed E-state index contributed by atoms with van der Waals surface area (Å²) in [6.45, 7) is 2.69. The van der Waals surface area contributed by atoms with E-state index in [1.807, 2.05) is 31.2 Å². The molecule has 0 aromatic heterocycles. The van der Waals surface area contributed by atoms with E-state index in [4.69, 9.17) is 0 Å². The van der Waals surface area contributed by atoms with Crippen LogP contribution >= 0.6 is 0 Å². The number of fused-ring (bicyclic) bond motifs is 2. The molecule has 3 atom stereocenters. The fraction of sp³-hybridized carbons (Fsp3) is 0.389. The quantitative estimate of drug-likeness (QED) is 0.926. The van der Waals surface area contributed by atoms with E-state index in [1.54, 1.807) is 18.2 Å². The molecule has 2 fully saturated rings. The van der Waals surface area contributed by atoms with E-state index >= 15 is 0 Å². The lowest BCUT2D eigenvalue weighted by Gasteiger charge is -2.23. The van der Waals surface area contributed by atoms with Crippen LogP contribution in [-0.2, 0) is 14.8 Å². The van der Waals surface area contributed by atoms with Crippen molar-refractivity contribution >= 4 is 26.7 Å². The van der Waals surface area contributed by atoms with Crippen LogP contribution in [0.4, 0.5) is 0 Å². The third kappa shape index (κ3) is 2.17. The van der Waals surface area contributed by atoms with Gasteiger partial charge in [-0.15, -0.1) is 0 Å². The maximum Gasteiger partial charge on any atom is 0.266 e. The number of hydrogen-bond acceptors (Lipinski definition) is 4. The Hall–Kier alpha value is -1.92. The van der Waals surface area contributed by atoms with Crippen molar-refractivity contribution in [2.75, 3.05) is 6.54 Å². The fourth-order valence-electron chi connectivity index (χ4n) is 4.03. The van der Waals surface area contributed by atoms with Crippen molar-refractivity contribution in [2.45, 2.75) is 36.7 Å². The van der Waals surface area contributed by atoms with E-state index in [0.29, 0.717) is 12.8 Å². The first-order valence-corrected chi connectivity index (χ1v) is 9.78. The Morgan fingerprint density at radius 2 is 1.92 bits per heavy atom. The summed E-state index contributed by atoms with van der Waals surface area (Å²) in [7, 11) is -3.83. The minimum Gasteiger partial charge on any atom is -0.311 e. The molecule has 1 N–H and O–H groups in total. The Balaban J connectivity index is 1.79. The normalized spacial score (nSPS) is 27.0. The second-order valence-electron chi connectivity index (χ2n) is 6.50. The van der Waals surface area contributed by atoms with Gasteiger partial charge in [0.2, 0.25) is 5.91 Å². The van der Waals surface area contributed by atoms with Crippen LogP contribution in [0, 0.1) is 5.92 Å². The molecule has 0 aliphatic carbocycles. The van der Waals surface area contributed by atoms with Crippen molar-refractivity contribution in [1.29, 1.82) is 0 Å². The van der Waals surface area contributed by atoms with Crippen LogP contribution in [0.25, 0.3) is 10.8 Å². The number of hydrogen-bond donors (Lipinski definition) is 1. The SMILES string of the molecule is CC[C@H]1C(=O)N(S(=O)(=O)c2ccc3ccccc3c2)[C@H]2CCN[C@H]12. The van der Waals surface area contributed by atoms with Gasteiger partial charge >= 0.3 is 0 Å². The molecule has 24 heavy (non-hydrogen) atoms. The van der Waals surface area contributed by atoms with Gasteiger partial charge in [0.15, 0.2) is 0 Å². The zero-order valence-electron chi connectivity index (χ0n) is 13.5. The van der Waals surface area contributed by atoms with E-state index < -0.39 is 10.0 Å². The second kappa shape index (κ2) is 5.57. The van der Waals surface area contributed by atoms with Gasteiger partial charge in [-0.05, 0) is 42.3 Å². The largest absolute Gasteiger partial charge is 0.311 e. The molecular weight excluding hydrogens is 324 g/mol. The molecule has 2 aromatic rings. The van der Waals surface area contributed by atoms with Crippen LogP contribution in [-0.4, -0.2) is 37.3 Å². The van der Waals surface area contributed by atoms with Gasteiger partial charge in [0.05, 0.1) is 16.9 Å². The van der Waals surface area contributed by atoms with E-state index in [0.717, 1.165) is 21.6 Å². The smallest absolute Gasteiger partial charge is 0.266 e. The number of amides is 1. The van der Waals surface area contributed by atoms with Gasteiger partial charge in [-0.3, -0.25) is 4.79 Å². The van der Waals surface area contributed by atoms with Crippen molar-refractivity contribution in [3.63, 3.8) is 0 Å². The van der Waals surface area contributed by atoms with Crippen molar-refractivity contribution in [3.05, 3.63) is 42.5 Å². The van der Waals surface area contributed by atoms with Crippen LogP contribution < -0.4 is 5.32 Å². The van der Waals surface area contributed by atoms with E-state index in [1.165, 1.54) is 0 Å². The molecule has 126 valence electrons. The summed E-state index contributed by atoms with van der Waals surface area (Å²) in [5, 5.41) is 5.15. The first-order chi connectivity index (χ1) is 11.5. The molecule has 0 unspecified atom stereocenters. The lowest BCUT2D eigenvalue weighted by Crippen LogP contribution is -2.40. The highest BCUT2D eigenvalue weighted by Gasteiger charge is 2.53. The van der Waals surface area contributed by atoms with Crippen LogP contribution in [0.1, 0.15) is 19.8 Å². The van der Waals surface area contributed by atoms with E-state index in [9.17, 15) is 13.2 Å². The Labute approximate surface area is 141 Å². The first-order valence-electron chi connectivity index (χ1n) is 8.34. The van der Waals surface area contributed by atoms with Gasteiger partial charge < -0.3 is 5.32 Å². The molecule has 4 rings (SSSR count). The molecule has 1 amide bonds. The number of carbonyl (C=O) groups excluding carboxylic acids is 1. The molecule has 0 saturated carbocycles. The highest BCUT2D eigenvalue weighted by molar-refractivity contribution is 7.89. The molecule has 2 aromatic carbocycles. The average Bonchev–Trinajstić information content (AvgIpc) is 3.13. The molecule has 0 bridgehead atoms. The zero-order chi connectivity index (χ0) is 16.9. The number of nitrogens with one attached hydrogen (secondary N) is 1. The van der Waals surface area contributed by atoms with E-state index in [-0.39, 0.29) is 28.8 Å². The highest BCUT2D eigenvalue weighted by atomic mass is 32.2. The molecule has 2 aliphatic rings. The fourth-order valence-corrected chi connectivity index (χ4v) is 5.74. The van der Waals surface area contributed by atoms with E-state index in [2.05, 4.69) is 5.32 Å². The predicted molar refractivity (Wildman–Crippen MR) is 92.0 cm³/mol. The topological polar surface area (TPSA) is 66.5 Å². The van der Waals surface area contributed by atoms with Gasteiger partial charge in [0.25, 0.3) is 10.0 Å². The molecule has 5 nitrogen and oxygen atoms in total. The molecule has 6 heteroatoms. The third-order valence-electron chi connectivity index (χ3n) is 5.22. The standard InChI is InChI=1S/C18H20N2O3S/c1-2-15-17-16(9-10-19-17)20(18(15)21)24(22,23)14-8-7-12-5-3-4-6-13(12)11-14/h3-8,11,15-17,19H,2,9-10H2,1H3/t15-,16+,17-/m1/s1. The summed E-state index contributed by atoms with van der Waals surface area (Å²) in [4.78, 5) is 12.9. The maximum atomic E-state index is 13.2. The van der Waals surface area contributed by atoms with Crippen molar-refractivity contribution in [2.24, 2.45) is 5.92 Å². The molecule has 2 heterocycles. The Bertz CT molecular complexity index is 909. The number of carbonyl (C=O) groups is 1. The third-order valence-corrected chi connectivity index (χ3v) is 7.04. The Morgan fingerprint density at radius 3 is 2.67 bits per heavy atom. The Morgan fingerprint density at radius 1 is 1.17 bits per heavy atom. The summed E-state index contributed by atoms with van der Waals surface area (Å²) < 4.78 is 27.5. The molecule has 0 radical (unpaired) electrons. The van der Waals surface area contributed by atoms with Crippen LogP contribution in [0.2, 0.25) is 0 Å². The lowest BCUT2D eigenvalue weighted by molar-refractivity contribution is -0.127. The van der Waals surface area contributed by atoms with Crippen molar-refractivity contribution in [1.82, 2.24) is 9.62 Å². The van der Waals surface area contributed by atoms with Crippen molar-refractivity contribution < 1.29 is 13.2 Å². The van der Waals surface area contributed by atoms with Gasteiger partial charge in [0.1, 0.15) is 0 Å². The van der Waals surface area contributed by atoms with Gasteiger partial charge in [-0.1, -0.05) is 37.3 Å². The van der Waals surface area contributed by atoms with Crippen molar-refractivity contribution in [3.8, 4) is 0 Å². The lowest BCUT2D eigenvalue weighted by atomic mass is 9.97. The summed E-state index contributed by atoms with van der Waals surface area (Å²) in [5.41, 5.74) is 0. The minimum absolute atomic E-state index is 0.0577. The summed E-state index contributed by atoms with van der Waals surface area (Å²) in [6, 6.07) is 12.4. The number of rotatable bonds is 3. The van der Waals surface area contributed by atoms with Gasteiger partial charge in [0, 0.05) is 6.04 Å². The number of sulfonamides is 1. The highest BCUT2D eigenvalue weighted by Crippen LogP contribution is 2.37. The number of benzene rings is 2. The molecular formula is C18H20N2O3S. The Kier molecular flexibility index (Phi) is 3.62. The van der Waals surface area contributed by atoms with Crippen LogP contribution in [0.3, 0.4) is 0 Å². The minimum atomic E-state index is -3.83. The van der Waals surface area contributed by atoms with Gasteiger partial charge in [-0.2, -0.15) is 0 Å². The number of nitrogens with zero attached hydrogens (tertiary/aromatic N) is 1. The first kappa shape index (κ1) is 15.6. The summed E-state index contributed by atoms with van der Waals surface area (Å²) in [5.74, 6) is -0.527. The molecule has 2 saturated heterocycles. The van der Waals surface area contributed by atoms with Crippen LogP contribution in [0.15, 0.2) is 47.4 Å². The second-order valence-corrected chi connectivity index (χ2v) is 8.31. The molecule has 0 spiro atoms. The monoisotopic (exact) mass is 344 g/mol. The summed E-state index contributed by atoms with van der Waals surface area (Å²) >= 11 is 0. The average molecular weight is 344 g/mol. The zero-order valence-corrected chi connectivity index (χ0v) is 14.3.